The summed E-state index contributed by atoms with van der Waals surface area (Å²) in [5.41, 5.74) is 1.63. The molecule has 5 rings (SSSR count). The van der Waals surface area contributed by atoms with E-state index in [-0.39, 0.29) is 29.7 Å². The van der Waals surface area contributed by atoms with Crippen LogP contribution in [-0.2, 0) is 15.0 Å². The molecule has 1 N–H and O–H groups in total. The number of nitrogens with one attached hydrogen (secondary N) is 1. The molecule has 0 aliphatic carbocycles. The summed E-state index contributed by atoms with van der Waals surface area (Å²) in [6.07, 6.45) is 0.752. The minimum atomic E-state index is -1.27. The van der Waals surface area contributed by atoms with Gasteiger partial charge in [0.25, 0.3) is 0 Å². The van der Waals surface area contributed by atoms with E-state index in [1.165, 1.54) is 0 Å². The number of benzene rings is 2. The average Bonchev–Trinajstić information content (AvgIpc) is 3.30. The number of amides is 2. The van der Waals surface area contributed by atoms with E-state index in [0.29, 0.717) is 33.7 Å². The summed E-state index contributed by atoms with van der Waals surface area (Å²) in [5.74, 6) is 0.00302. The molecule has 2 amide bonds. The summed E-state index contributed by atoms with van der Waals surface area (Å²) in [7, 11) is 0. The summed E-state index contributed by atoms with van der Waals surface area (Å²) < 4.78 is 1.66. The van der Waals surface area contributed by atoms with E-state index in [1.807, 2.05) is 37.3 Å². The van der Waals surface area contributed by atoms with E-state index in [1.54, 1.807) is 21.7 Å². The molecule has 0 fully saturated rings. The predicted octanol–water partition coefficient (Wildman–Crippen LogP) is 5.61. The van der Waals surface area contributed by atoms with Crippen LogP contribution >= 0.6 is 23.2 Å². The van der Waals surface area contributed by atoms with Crippen LogP contribution in [-0.4, -0.2) is 33.4 Å². The van der Waals surface area contributed by atoms with Gasteiger partial charge in [0.2, 0.25) is 11.8 Å². The van der Waals surface area contributed by atoms with Crippen LogP contribution in [0.2, 0.25) is 10.0 Å². The number of rotatable bonds is 4. The number of halogens is 2. The van der Waals surface area contributed by atoms with Gasteiger partial charge in [0, 0.05) is 22.3 Å². The lowest BCUT2D eigenvalue weighted by molar-refractivity contribution is -0.126. The lowest BCUT2D eigenvalue weighted by Crippen LogP contribution is -2.47. The van der Waals surface area contributed by atoms with E-state index in [2.05, 4.69) is 36.4 Å². The fourth-order valence-electron chi connectivity index (χ4n) is 4.96. The van der Waals surface area contributed by atoms with Gasteiger partial charge in [-0.1, -0.05) is 61.3 Å². The van der Waals surface area contributed by atoms with Crippen LogP contribution < -0.4 is 10.2 Å². The highest BCUT2D eigenvalue weighted by atomic mass is 35.5. The van der Waals surface area contributed by atoms with Gasteiger partial charge in [0.1, 0.15) is 11.1 Å². The van der Waals surface area contributed by atoms with Gasteiger partial charge in [-0.2, -0.15) is 0 Å². The van der Waals surface area contributed by atoms with Gasteiger partial charge in [0.15, 0.2) is 5.82 Å². The zero-order chi connectivity index (χ0) is 25.1. The summed E-state index contributed by atoms with van der Waals surface area (Å²) in [6.45, 7) is 8.92. The van der Waals surface area contributed by atoms with Crippen LogP contribution in [0.5, 0.6) is 0 Å². The Morgan fingerprint density at radius 3 is 2.46 bits per heavy atom. The van der Waals surface area contributed by atoms with Crippen molar-refractivity contribution in [1.29, 1.82) is 0 Å². The maximum absolute atomic E-state index is 14.2. The average molecular weight is 512 g/mol. The van der Waals surface area contributed by atoms with Crippen LogP contribution in [0.4, 0.5) is 11.5 Å². The van der Waals surface area contributed by atoms with E-state index in [4.69, 9.17) is 23.2 Å². The largest absolute Gasteiger partial charge is 0.311 e. The van der Waals surface area contributed by atoms with Crippen LogP contribution in [0.1, 0.15) is 63.4 Å². The Bertz CT molecular complexity index is 1330. The third-order valence-electron chi connectivity index (χ3n) is 6.91. The summed E-state index contributed by atoms with van der Waals surface area (Å²) in [5, 5.41) is 13.0. The van der Waals surface area contributed by atoms with Crippen molar-refractivity contribution in [3.05, 3.63) is 69.3 Å². The molecule has 3 heterocycles. The number of nitrogens with zero attached hydrogens (tertiary/aromatic N) is 4. The number of carbonyl (C=O) groups excluding carboxylic acids is 2. The summed E-state index contributed by atoms with van der Waals surface area (Å²) >= 11 is 12.5. The second-order valence-electron chi connectivity index (χ2n) is 10.5. The molecular formula is C26H27Cl2N5O2. The van der Waals surface area contributed by atoms with Gasteiger partial charge in [-0.3, -0.25) is 9.59 Å². The van der Waals surface area contributed by atoms with Gasteiger partial charge in [-0.15, -0.1) is 5.10 Å². The summed E-state index contributed by atoms with van der Waals surface area (Å²) in [6, 6.07) is 12.6. The van der Waals surface area contributed by atoms with Gasteiger partial charge in [-0.25, -0.2) is 4.68 Å². The molecule has 3 aromatic rings. The number of aromatic nitrogens is 3. The maximum Gasteiger partial charge on any atom is 0.244 e. The van der Waals surface area contributed by atoms with Gasteiger partial charge in [-0.05, 0) is 60.2 Å². The van der Waals surface area contributed by atoms with Crippen molar-refractivity contribution < 1.29 is 9.59 Å². The SMILES string of the molecule is CC(c1ccc(Cl)cc1)n1nnc2c1NC(=O)C[C@]21C(=O)N(CCC(C)(C)C)c2ccc(Cl)cc21. The van der Waals surface area contributed by atoms with E-state index in [9.17, 15) is 9.59 Å². The van der Waals surface area contributed by atoms with Crippen molar-refractivity contribution in [2.45, 2.75) is 52.0 Å². The first-order valence-electron chi connectivity index (χ1n) is 11.6. The number of fused-ring (bicyclic) bond motifs is 4. The minimum Gasteiger partial charge on any atom is -0.311 e. The fraction of sp³-hybridized carbons (Fsp3) is 0.385. The first kappa shape index (κ1) is 23.8. The third-order valence-corrected chi connectivity index (χ3v) is 7.39. The Hall–Kier alpha value is -2.90. The highest BCUT2D eigenvalue weighted by Crippen LogP contribution is 2.52. The number of hydrogen-bond donors (Lipinski definition) is 1. The van der Waals surface area contributed by atoms with Crippen LogP contribution in [0, 0.1) is 5.41 Å². The lowest BCUT2D eigenvalue weighted by Gasteiger charge is -2.32. The number of anilines is 2. The van der Waals surface area contributed by atoms with Crippen molar-refractivity contribution in [3.63, 3.8) is 0 Å². The highest BCUT2D eigenvalue weighted by Gasteiger charge is 2.58. The van der Waals surface area contributed by atoms with Crippen molar-refractivity contribution >= 4 is 46.5 Å². The molecule has 0 saturated heterocycles. The van der Waals surface area contributed by atoms with Crippen LogP contribution in [0.25, 0.3) is 0 Å². The fourth-order valence-corrected chi connectivity index (χ4v) is 5.26. The Balaban J connectivity index is 1.65. The van der Waals surface area contributed by atoms with Gasteiger partial charge < -0.3 is 10.2 Å². The molecule has 2 aliphatic heterocycles. The molecule has 7 nitrogen and oxygen atoms in total. The third kappa shape index (κ3) is 3.91. The molecule has 0 bridgehead atoms. The Labute approximate surface area is 214 Å². The van der Waals surface area contributed by atoms with Crippen molar-refractivity contribution in [2.75, 3.05) is 16.8 Å². The van der Waals surface area contributed by atoms with Crippen molar-refractivity contribution in [3.8, 4) is 0 Å². The first-order valence-corrected chi connectivity index (χ1v) is 12.4. The van der Waals surface area contributed by atoms with Crippen molar-refractivity contribution in [2.24, 2.45) is 5.41 Å². The van der Waals surface area contributed by atoms with Gasteiger partial charge >= 0.3 is 0 Å². The molecule has 1 aromatic heterocycles. The topological polar surface area (TPSA) is 80.1 Å². The Kier molecular flexibility index (Phi) is 5.68. The smallest absolute Gasteiger partial charge is 0.244 e. The lowest BCUT2D eigenvalue weighted by atomic mass is 9.73. The second-order valence-corrected chi connectivity index (χ2v) is 11.4. The predicted molar refractivity (Wildman–Crippen MR) is 137 cm³/mol. The zero-order valence-corrected chi connectivity index (χ0v) is 21.6. The van der Waals surface area contributed by atoms with Crippen LogP contribution in [0.15, 0.2) is 42.5 Å². The number of carbonyl (C=O) groups is 2. The van der Waals surface area contributed by atoms with Gasteiger partial charge in [0.05, 0.1) is 12.5 Å². The Morgan fingerprint density at radius 2 is 1.77 bits per heavy atom. The first-order chi connectivity index (χ1) is 16.5. The molecule has 9 heteroatoms. The molecule has 1 spiro atoms. The van der Waals surface area contributed by atoms with Crippen molar-refractivity contribution in [1.82, 2.24) is 15.0 Å². The highest BCUT2D eigenvalue weighted by molar-refractivity contribution is 6.31. The van der Waals surface area contributed by atoms with E-state index < -0.39 is 5.41 Å². The summed E-state index contributed by atoms with van der Waals surface area (Å²) in [4.78, 5) is 29.1. The molecule has 182 valence electrons. The molecule has 0 radical (unpaired) electrons. The molecule has 0 saturated carbocycles. The van der Waals surface area contributed by atoms with E-state index in [0.717, 1.165) is 17.7 Å². The maximum atomic E-state index is 14.2. The molecule has 1 unspecified atom stereocenters. The molecule has 2 atom stereocenters. The Morgan fingerprint density at radius 1 is 1.09 bits per heavy atom. The molecular weight excluding hydrogens is 485 g/mol. The van der Waals surface area contributed by atoms with Crippen LogP contribution in [0.3, 0.4) is 0 Å². The monoisotopic (exact) mass is 511 g/mol. The molecule has 2 aromatic carbocycles. The molecule has 35 heavy (non-hydrogen) atoms. The molecule has 2 aliphatic rings. The quantitative estimate of drug-likeness (QED) is 0.493. The number of hydrogen-bond acceptors (Lipinski definition) is 4. The normalized spacial score (nSPS) is 20.1. The second kappa shape index (κ2) is 8.35. The van der Waals surface area contributed by atoms with E-state index >= 15 is 0 Å². The minimum absolute atomic E-state index is 0.0366. The standard InChI is InChI=1S/C26H27Cl2N5O2/c1-15(16-5-7-17(27)8-6-16)33-23-22(30-31-33)26(14-21(34)29-23)19-13-18(28)9-10-20(19)32(24(26)35)12-11-25(2,3)4/h5-10,13,15H,11-12,14H2,1-4H3,(H,29,34)/t15?,26-/m1/s1. The zero-order valence-electron chi connectivity index (χ0n) is 20.1.